The molecule has 1 aliphatic heterocycles. The first kappa shape index (κ1) is 15.6. The molecule has 8 heteroatoms. The van der Waals surface area contributed by atoms with Gasteiger partial charge in [-0.15, -0.1) is 5.10 Å². The molecule has 7 nitrogen and oxygen atoms in total. The summed E-state index contributed by atoms with van der Waals surface area (Å²) in [4.78, 5) is 11.8. The van der Waals surface area contributed by atoms with Gasteiger partial charge in [0.25, 0.3) is 0 Å². The Kier molecular flexibility index (Phi) is 4.97. The van der Waals surface area contributed by atoms with Crippen LogP contribution in [0, 0.1) is 0 Å². The van der Waals surface area contributed by atoms with Gasteiger partial charge < -0.3 is 14.8 Å². The zero-order valence-electron chi connectivity index (χ0n) is 12.5. The molecule has 1 aromatic carbocycles. The predicted molar refractivity (Wildman–Crippen MR) is 83.8 cm³/mol. The Bertz CT molecular complexity index is 676. The second-order valence-electron chi connectivity index (χ2n) is 5.12. The van der Waals surface area contributed by atoms with Crippen molar-refractivity contribution in [2.45, 2.75) is 19.4 Å². The van der Waals surface area contributed by atoms with E-state index in [1.54, 1.807) is 17.1 Å². The van der Waals surface area contributed by atoms with E-state index in [4.69, 9.17) is 21.1 Å². The first-order valence-corrected chi connectivity index (χ1v) is 7.79. The summed E-state index contributed by atoms with van der Waals surface area (Å²) in [6, 6.07) is 3.75. The summed E-state index contributed by atoms with van der Waals surface area (Å²) >= 11 is 6.19. The molecule has 1 aromatic heterocycles. The minimum Gasteiger partial charge on any atom is -0.486 e. The molecule has 0 aliphatic carbocycles. The van der Waals surface area contributed by atoms with Gasteiger partial charge in [0.15, 0.2) is 11.5 Å². The Morgan fingerprint density at radius 2 is 2.22 bits per heavy atom. The fraction of sp³-hybridized carbons (Fsp3) is 0.400. The largest absolute Gasteiger partial charge is 0.486 e. The second kappa shape index (κ2) is 7.32. The lowest BCUT2D eigenvalue weighted by Gasteiger charge is -2.20. The molecular formula is C15H17ClN4O3. The summed E-state index contributed by atoms with van der Waals surface area (Å²) in [5, 5.41) is 10.9. The van der Waals surface area contributed by atoms with Gasteiger partial charge in [-0.3, -0.25) is 9.48 Å². The first-order valence-electron chi connectivity index (χ1n) is 7.41. The minimum absolute atomic E-state index is 0.0239. The summed E-state index contributed by atoms with van der Waals surface area (Å²) in [5.41, 5.74) is 0.996. The molecule has 1 amide bonds. The number of halogens is 1. The Morgan fingerprint density at radius 3 is 3.04 bits per heavy atom. The van der Waals surface area contributed by atoms with Crippen LogP contribution in [0.4, 0.5) is 0 Å². The zero-order chi connectivity index (χ0) is 16.1. The van der Waals surface area contributed by atoms with Crippen LogP contribution in [0.3, 0.4) is 0 Å². The van der Waals surface area contributed by atoms with E-state index in [-0.39, 0.29) is 5.91 Å². The topological polar surface area (TPSA) is 78.3 Å². The summed E-state index contributed by atoms with van der Waals surface area (Å²) < 4.78 is 12.6. The summed E-state index contributed by atoms with van der Waals surface area (Å²) in [6.45, 7) is 2.08. The van der Waals surface area contributed by atoms with E-state index in [2.05, 4.69) is 15.6 Å². The maximum absolute atomic E-state index is 11.8. The van der Waals surface area contributed by atoms with E-state index in [1.807, 2.05) is 12.1 Å². The van der Waals surface area contributed by atoms with Gasteiger partial charge in [-0.1, -0.05) is 16.8 Å². The SMILES string of the molecule is O=C(CCn1ccnn1)NCCc1cc(Cl)c2c(c1)OCCO2. The normalized spacial score (nSPS) is 12.9. The fourth-order valence-electron chi connectivity index (χ4n) is 2.31. The second-order valence-corrected chi connectivity index (χ2v) is 5.53. The number of hydrogen-bond donors (Lipinski definition) is 1. The van der Waals surface area contributed by atoms with Gasteiger partial charge >= 0.3 is 0 Å². The third-order valence-electron chi connectivity index (χ3n) is 3.43. The van der Waals surface area contributed by atoms with E-state index < -0.39 is 0 Å². The van der Waals surface area contributed by atoms with E-state index >= 15 is 0 Å². The molecule has 23 heavy (non-hydrogen) atoms. The van der Waals surface area contributed by atoms with Crippen LogP contribution < -0.4 is 14.8 Å². The average molecular weight is 337 g/mol. The lowest BCUT2D eigenvalue weighted by Crippen LogP contribution is -2.26. The molecule has 0 spiro atoms. The van der Waals surface area contributed by atoms with Crippen molar-refractivity contribution in [1.29, 1.82) is 0 Å². The predicted octanol–water partition coefficient (Wildman–Crippen LogP) is 1.45. The van der Waals surface area contributed by atoms with Crippen molar-refractivity contribution in [1.82, 2.24) is 20.3 Å². The lowest BCUT2D eigenvalue weighted by atomic mass is 10.1. The Labute approximate surface area is 138 Å². The smallest absolute Gasteiger partial charge is 0.221 e. The molecule has 0 radical (unpaired) electrons. The van der Waals surface area contributed by atoms with Crippen LogP contribution in [0.5, 0.6) is 11.5 Å². The number of amides is 1. The molecule has 0 atom stereocenters. The van der Waals surface area contributed by atoms with Crippen molar-refractivity contribution in [3.05, 3.63) is 35.1 Å². The maximum atomic E-state index is 11.8. The standard InChI is InChI=1S/C15H17ClN4O3/c16-12-9-11(10-13-15(12)23-8-7-22-13)1-3-17-14(21)2-5-20-6-4-18-19-20/h4,6,9-10H,1-3,5,7-8H2,(H,17,21). The van der Waals surface area contributed by atoms with Crippen LogP contribution in [0.1, 0.15) is 12.0 Å². The molecule has 0 bridgehead atoms. The molecule has 2 heterocycles. The van der Waals surface area contributed by atoms with Gasteiger partial charge in [-0.05, 0) is 24.1 Å². The number of aryl methyl sites for hydroxylation is 1. The average Bonchev–Trinajstić information content (AvgIpc) is 3.06. The van der Waals surface area contributed by atoms with Crippen LogP contribution in [0.2, 0.25) is 5.02 Å². The molecule has 3 rings (SSSR count). The Balaban J connectivity index is 1.47. The highest BCUT2D eigenvalue weighted by atomic mass is 35.5. The third kappa shape index (κ3) is 4.13. The van der Waals surface area contributed by atoms with Crippen molar-refractivity contribution in [3.63, 3.8) is 0 Å². The van der Waals surface area contributed by atoms with Crippen LogP contribution in [0.15, 0.2) is 24.5 Å². The van der Waals surface area contributed by atoms with Crippen LogP contribution in [-0.2, 0) is 17.8 Å². The van der Waals surface area contributed by atoms with E-state index in [0.29, 0.717) is 55.7 Å². The molecular weight excluding hydrogens is 320 g/mol. The van der Waals surface area contributed by atoms with Crippen molar-refractivity contribution >= 4 is 17.5 Å². The van der Waals surface area contributed by atoms with Crippen molar-refractivity contribution in [3.8, 4) is 11.5 Å². The Morgan fingerprint density at radius 1 is 1.35 bits per heavy atom. The van der Waals surface area contributed by atoms with Crippen LogP contribution in [0.25, 0.3) is 0 Å². The third-order valence-corrected chi connectivity index (χ3v) is 3.71. The number of nitrogens with zero attached hydrogens (tertiary/aromatic N) is 3. The molecule has 1 N–H and O–H groups in total. The fourth-order valence-corrected chi connectivity index (χ4v) is 2.60. The van der Waals surface area contributed by atoms with Crippen LogP contribution in [-0.4, -0.2) is 40.7 Å². The molecule has 2 aromatic rings. The molecule has 122 valence electrons. The van der Waals surface area contributed by atoms with E-state index in [1.165, 1.54) is 0 Å². The number of fused-ring (bicyclic) bond motifs is 1. The van der Waals surface area contributed by atoms with Crippen molar-refractivity contribution in [2.75, 3.05) is 19.8 Å². The number of carbonyl (C=O) groups excluding carboxylic acids is 1. The summed E-state index contributed by atoms with van der Waals surface area (Å²) in [5.74, 6) is 1.24. The monoisotopic (exact) mass is 336 g/mol. The van der Waals surface area contributed by atoms with Gasteiger partial charge in [-0.25, -0.2) is 0 Å². The summed E-state index contributed by atoms with van der Waals surface area (Å²) in [6.07, 6.45) is 4.35. The number of aromatic nitrogens is 3. The number of rotatable bonds is 6. The maximum Gasteiger partial charge on any atom is 0.221 e. The van der Waals surface area contributed by atoms with Gasteiger partial charge in [-0.2, -0.15) is 0 Å². The highest BCUT2D eigenvalue weighted by Crippen LogP contribution is 2.38. The van der Waals surface area contributed by atoms with Gasteiger partial charge in [0.2, 0.25) is 5.91 Å². The molecule has 0 fully saturated rings. The zero-order valence-corrected chi connectivity index (χ0v) is 13.3. The molecule has 0 saturated carbocycles. The molecule has 0 unspecified atom stereocenters. The number of ether oxygens (including phenoxy) is 2. The number of benzene rings is 1. The van der Waals surface area contributed by atoms with Gasteiger partial charge in [0, 0.05) is 19.2 Å². The summed E-state index contributed by atoms with van der Waals surface area (Å²) in [7, 11) is 0. The van der Waals surface area contributed by atoms with Crippen molar-refractivity contribution < 1.29 is 14.3 Å². The van der Waals surface area contributed by atoms with E-state index in [0.717, 1.165) is 5.56 Å². The Hall–Kier alpha value is -2.28. The minimum atomic E-state index is -0.0239. The number of carbonyl (C=O) groups is 1. The van der Waals surface area contributed by atoms with Crippen LogP contribution >= 0.6 is 11.6 Å². The quantitative estimate of drug-likeness (QED) is 0.864. The highest BCUT2D eigenvalue weighted by Gasteiger charge is 2.16. The number of nitrogens with one attached hydrogen (secondary N) is 1. The highest BCUT2D eigenvalue weighted by molar-refractivity contribution is 6.32. The van der Waals surface area contributed by atoms with E-state index in [9.17, 15) is 4.79 Å². The first-order chi connectivity index (χ1) is 11.2. The van der Waals surface area contributed by atoms with Gasteiger partial charge in [0.1, 0.15) is 13.2 Å². The van der Waals surface area contributed by atoms with Gasteiger partial charge in [0.05, 0.1) is 17.8 Å². The van der Waals surface area contributed by atoms with Crippen molar-refractivity contribution in [2.24, 2.45) is 0 Å². The lowest BCUT2D eigenvalue weighted by molar-refractivity contribution is -0.121. The molecule has 1 aliphatic rings. The number of hydrogen-bond acceptors (Lipinski definition) is 5. The molecule has 0 saturated heterocycles.